The van der Waals surface area contributed by atoms with Crippen molar-refractivity contribution in [2.75, 3.05) is 19.8 Å². The molecular weight excluding hydrogens is 821 g/mol. The summed E-state index contributed by atoms with van der Waals surface area (Å²) in [5.74, 6) is -1.34. The van der Waals surface area contributed by atoms with Gasteiger partial charge in [0, 0.05) is 25.1 Å². The molecule has 8 rings (SSSR count). The zero-order valence-electron chi connectivity index (χ0n) is 32.4. The number of halogens is 3. The summed E-state index contributed by atoms with van der Waals surface area (Å²) >= 11 is 17.5. The first-order chi connectivity index (χ1) is 29.1. The number of alkyl halides is 3. The number of hydrogen-bond acceptors (Lipinski definition) is 7. The Balaban J connectivity index is 1.09. The maximum atomic E-state index is 14.5. The molecule has 0 radical (unpaired) electrons. The number of benzene rings is 5. The highest BCUT2D eigenvalue weighted by atomic mass is 35.6. The number of ether oxygens (including phenoxy) is 2. The Morgan fingerprint density at radius 1 is 0.750 bits per heavy atom. The van der Waals surface area contributed by atoms with E-state index < -0.39 is 46.0 Å². The maximum Gasteiger partial charge on any atom is 0.407 e. The third-order valence-electron chi connectivity index (χ3n) is 11.1. The lowest BCUT2D eigenvalue weighted by Gasteiger charge is -2.37. The molecule has 1 aromatic heterocycles. The number of imidazole rings is 1. The number of nitrogens with zero attached hydrogens (tertiary/aromatic N) is 3. The molecule has 1 aliphatic carbocycles. The largest absolute Gasteiger partial charge is 0.460 e. The Kier molecular flexibility index (Phi) is 12.3. The zero-order chi connectivity index (χ0) is 41.7. The number of rotatable bonds is 12. The van der Waals surface area contributed by atoms with Crippen molar-refractivity contribution in [2.24, 2.45) is 0 Å². The first-order valence-corrected chi connectivity index (χ1v) is 20.9. The van der Waals surface area contributed by atoms with Gasteiger partial charge in [-0.15, -0.1) is 0 Å². The van der Waals surface area contributed by atoms with E-state index >= 15 is 0 Å². The van der Waals surface area contributed by atoms with Crippen LogP contribution in [0.2, 0.25) is 0 Å². The molecule has 2 amide bonds. The first kappa shape index (κ1) is 41.1. The molecule has 2 N–H and O–H groups in total. The van der Waals surface area contributed by atoms with Crippen molar-refractivity contribution in [2.45, 2.75) is 46.6 Å². The fourth-order valence-corrected chi connectivity index (χ4v) is 8.55. The minimum Gasteiger partial charge on any atom is -0.460 e. The van der Waals surface area contributed by atoms with Crippen molar-refractivity contribution in [1.29, 1.82) is 0 Å². The second-order valence-corrected chi connectivity index (χ2v) is 17.4. The molecule has 0 saturated carbocycles. The van der Waals surface area contributed by atoms with Crippen LogP contribution in [0.1, 0.15) is 52.3 Å². The topological polar surface area (TPSA) is 115 Å². The molecule has 5 aromatic carbocycles. The first-order valence-electron chi connectivity index (χ1n) is 19.7. The summed E-state index contributed by atoms with van der Waals surface area (Å²) in [5.41, 5.74) is 10.0. The minimum absolute atomic E-state index is 0.00499. The van der Waals surface area contributed by atoms with Crippen LogP contribution >= 0.6 is 34.8 Å². The number of carbonyl (C=O) groups is 3. The van der Waals surface area contributed by atoms with Crippen LogP contribution in [0, 0.1) is 0 Å². The second-order valence-electron chi connectivity index (χ2n) is 14.8. The van der Waals surface area contributed by atoms with E-state index in [0.29, 0.717) is 18.5 Å². The van der Waals surface area contributed by atoms with Crippen molar-refractivity contribution >= 4 is 52.8 Å². The van der Waals surface area contributed by atoms with Gasteiger partial charge in [0.15, 0.2) is 0 Å². The van der Waals surface area contributed by atoms with Crippen molar-refractivity contribution < 1.29 is 23.9 Å². The van der Waals surface area contributed by atoms with E-state index in [1.165, 1.54) is 5.01 Å². The molecule has 0 bridgehead atoms. The van der Waals surface area contributed by atoms with E-state index in [1.807, 2.05) is 102 Å². The summed E-state index contributed by atoms with van der Waals surface area (Å²) in [5, 5.41) is 4.19. The maximum absolute atomic E-state index is 14.5. The summed E-state index contributed by atoms with van der Waals surface area (Å²) in [7, 11) is 0. The lowest BCUT2D eigenvalue weighted by Crippen LogP contribution is -2.60. The Morgan fingerprint density at radius 2 is 1.28 bits per heavy atom. The molecule has 1 aliphatic heterocycles. The van der Waals surface area contributed by atoms with Gasteiger partial charge < -0.3 is 19.4 Å². The smallest absolute Gasteiger partial charge is 0.407 e. The molecule has 6 aromatic rings. The molecule has 1 fully saturated rings. The summed E-state index contributed by atoms with van der Waals surface area (Å²) < 4.78 is 11.4. The van der Waals surface area contributed by atoms with Gasteiger partial charge in [-0.1, -0.05) is 174 Å². The van der Waals surface area contributed by atoms with E-state index in [2.05, 4.69) is 59.3 Å². The summed E-state index contributed by atoms with van der Waals surface area (Å²) in [6.45, 7) is -0.126. The van der Waals surface area contributed by atoms with Gasteiger partial charge in [0.25, 0.3) is 5.91 Å². The fourth-order valence-electron chi connectivity index (χ4n) is 8.39. The van der Waals surface area contributed by atoms with E-state index in [1.54, 1.807) is 6.33 Å². The lowest BCUT2D eigenvalue weighted by molar-refractivity contribution is -0.152. The molecule has 2 aliphatic rings. The highest BCUT2D eigenvalue weighted by Gasteiger charge is 2.40. The normalized spacial score (nSPS) is 15.7. The van der Waals surface area contributed by atoms with Gasteiger partial charge in [-0.3, -0.25) is 14.6 Å². The molecule has 13 heteroatoms. The van der Waals surface area contributed by atoms with Gasteiger partial charge in [0.1, 0.15) is 30.8 Å². The average Bonchev–Trinajstić information content (AvgIpc) is 3.88. The summed E-state index contributed by atoms with van der Waals surface area (Å²) in [4.78, 5) is 46.2. The number of alkyl carbamates (subject to hydrolysis) is 1. The number of hydrazine groups is 1. The predicted octanol–water partition coefficient (Wildman–Crippen LogP) is 8.58. The number of esters is 1. The molecule has 10 nitrogen and oxygen atoms in total. The van der Waals surface area contributed by atoms with Crippen LogP contribution in [0.15, 0.2) is 152 Å². The number of hydrogen-bond donors (Lipinski definition) is 2. The van der Waals surface area contributed by atoms with Crippen molar-refractivity contribution in [1.82, 2.24) is 25.3 Å². The lowest BCUT2D eigenvalue weighted by atomic mass is 9.77. The van der Waals surface area contributed by atoms with Gasteiger partial charge in [-0.25, -0.2) is 15.2 Å². The van der Waals surface area contributed by atoms with Crippen LogP contribution in [0.4, 0.5) is 4.79 Å². The SMILES string of the molecule is O=C(NC(Cc1cn(C(c2ccccc2)(c2ccccc2)c2ccccc2)cn1)C(=O)N1CCCC(C(=O)OCC(Cl)(Cl)Cl)N1)OCC1c2ccccc2-c2ccccc21. The third kappa shape index (κ3) is 8.65. The van der Waals surface area contributed by atoms with E-state index in [-0.39, 0.29) is 25.5 Å². The van der Waals surface area contributed by atoms with Gasteiger partial charge >= 0.3 is 12.1 Å². The Bertz CT molecular complexity index is 2300. The van der Waals surface area contributed by atoms with Crippen LogP contribution in [0.5, 0.6) is 0 Å². The average molecular weight is 863 g/mol. The van der Waals surface area contributed by atoms with Crippen molar-refractivity contribution in [3.63, 3.8) is 0 Å². The van der Waals surface area contributed by atoms with Gasteiger partial charge in [-0.2, -0.15) is 0 Å². The molecule has 2 atom stereocenters. The zero-order valence-corrected chi connectivity index (χ0v) is 34.7. The Morgan fingerprint density at radius 3 is 1.83 bits per heavy atom. The number of amides is 2. The molecule has 0 spiro atoms. The van der Waals surface area contributed by atoms with Crippen LogP contribution in [-0.4, -0.2) is 68.2 Å². The third-order valence-corrected chi connectivity index (χ3v) is 11.4. The second kappa shape index (κ2) is 17.9. The molecular formula is C47H42Cl3N5O5. The monoisotopic (exact) mass is 861 g/mol. The van der Waals surface area contributed by atoms with E-state index in [0.717, 1.165) is 38.9 Å². The summed E-state index contributed by atoms with van der Waals surface area (Å²) in [6, 6.07) is 44.6. The van der Waals surface area contributed by atoms with Crippen molar-refractivity contribution in [3.05, 3.63) is 186 Å². The predicted molar refractivity (Wildman–Crippen MR) is 232 cm³/mol. The van der Waals surface area contributed by atoms with Crippen LogP contribution < -0.4 is 10.7 Å². The Hall–Kier alpha value is -5.65. The fraction of sp³-hybridized carbons (Fsp3) is 0.234. The molecule has 1 saturated heterocycles. The van der Waals surface area contributed by atoms with E-state index in [9.17, 15) is 14.4 Å². The van der Waals surface area contributed by atoms with E-state index in [4.69, 9.17) is 49.3 Å². The highest BCUT2D eigenvalue weighted by Crippen LogP contribution is 2.45. The number of fused-ring (bicyclic) bond motifs is 3. The molecule has 2 unspecified atom stereocenters. The van der Waals surface area contributed by atoms with Gasteiger partial charge in [0.2, 0.25) is 3.79 Å². The van der Waals surface area contributed by atoms with Crippen LogP contribution in [0.3, 0.4) is 0 Å². The minimum atomic E-state index is -1.79. The molecule has 60 heavy (non-hydrogen) atoms. The molecule has 306 valence electrons. The Labute approximate surface area is 363 Å². The summed E-state index contributed by atoms with van der Waals surface area (Å²) in [6.07, 6.45) is 3.77. The van der Waals surface area contributed by atoms with Crippen LogP contribution in [-0.2, 0) is 31.0 Å². The van der Waals surface area contributed by atoms with Gasteiger partial charge in [-0.05, 0) is 51.8 Å². The number of nitrogens with one attached hydrogen (secondary N) is 2. The molecule has 2 heterocycles. The number of carbonyl (C=O) groups excluding carboxylic acids is 3. The van der Waals surface area contributed by atoms with Gasteiger partial charge in [0.05, 0.1) is 12.0 Å². The highest BCUT2D eigenvalue weighted by molar-refractivity contribution is 6.67. The standard InChI is InChI=1S/C47H42Cl3N5O5/c48-46(49,50)30-60-44(57)41-25-14-26-55(53-41)43(56)42(52-45(58)59-29-40-38-23-12-10-21-36(38)37-22-11-13-24-39(37)40)27-35-28-54(31-51-35)47(32-15-4-1-5-16-32,33-17-6-2-7-18-33)34-19-8-3-9-20-34/h1-13,15-24,28,31,40-42,53H,14,25-27,29-30H2,(H,52,58). The quantitative estimate of drug-likeness (QED) is 0.0720. The number of aromatic nitrogens is 2. The van der Waals surface area contributed by atoms with Crippen LogP contribution in [0.25, 0.3) is 11.1 Å². The van der Waals surface area contributed by atoms with Crippen molar-refractivity contribution in [3.8, 4) is 11.1 Å².